The second kappa shape index (κ2) is 9.77. The molecule has 2 aromatic rings. The summed E-state index contributed by atoms with van der Waals surface area (Å²) in [6, 6.07) is 7.00. The lowest BCUT2D eigenvalue weighted by molar-refractivity contribution is 0.323. The highest BCUT2D eigenvalue weighted by molar-refractivity contribution is 9.10. The highest BCUT2D eigenvalue weighted by Crippen LogP contribution is 2.46. The van der Waals surface area contributed by atoms with E-state index in [-0.39, 0.29) is 5.69 Å². The summed E-state index contributed by atoms with van der Waals surface area (Å²) in [6.07, 6.45) is 2.27. The van der Waals surface area contributed by atoms with E-state index >= 15 is 0 Å². The van der Waals surface area contributed by atoms with Crippen molar-refractivity contribution >= 4 is 27.3 Å². The zero-order chi connectivity index (χ0) is 20.7. The Morgan fingerprint density at radius 2 is 1.50 bits per heavy atom. The Labute approximate surface area is 172 Å². The van der Waals surface area contributed by atoms with Crippen LogP contribution in [0, 0.1) is 22.7 Å². The minimum Gasteiger partial charge on any atom is -0.478 e. The van der Waals surface area contributed by atoms with Gasteiger partial charge in [0.1, 0.15) is 28.0 Å². The van der Waals surface area contributed by atoms with E-state index in [9.17, 15) is 0 Å². The average Bonchev–Trinajstić information content (AvgIpc) is 3.50. The van der Waals surface area contributed by atoms with E-state index < -0.39 is 0 Å². The maximum Gasteiger partial charge on any atom is 0.231 e. The van der Waals surface area contributed by atoms with Crippen molar-refractivity contribution in [2.75, 3.05) is 24.7 Å². The molecule has 8 nitrogen and oxygen atoms in total. The number of hydrogen-bond donors (Lipinski definition) is 2. The molecule has 0 bridgehead atoms. The van der Waals surface area contributed by atoms with E-state index in [1.54, 1.807) is 6.07 Å². The summed E-state index contributed by atoms with van der Waals surface area (Å²) in [4.78, 5) is 8.07. The molecule has 1 aliphatic carbocycles. The zero-order valence-corrected chi connectivity index (χ0v) is 17.3. The molecule has 0 aromatic carbocycles. The van der Waals surface area contributed by atoms with Crippen molar-refractivity contribution < 1.29 is 9.47 Å². The molecule has 146 valence electrons. The molecule has 1 saturated carbocycles. The fourth-order valence-electron chi connectivity index (χ4n) is 2.45. The summed E-state index contributed by atoms with van der Waals surface area (Å²) in [7, 11) is 0. The first kappa shape index (κ1) is 21.3. The van der Waals surface area contributed by atoms with Crippen LogP contribution in [-0.4, -0.2) is 23.2 Å². The Bertz CT molecular complexity index is 931. The highest BCUT2D eigenvalue weighted by Gasteiger charge is 2.30. The summed E-state index contributed by atoms with van der Waals surface area (Å²) < 4.78 is 11.2. The van der Waals surface area contributed by atoms with Crippen LogP contribution in [0.2, 0.25) is 0 Å². The lowest BCUT2D eigenvalue weighted by atomic mass is 10.1. The maximum absolute atomic E-state index is 8.78. The summed E-state index contributed by atoms with van der Waals surface area (Å²) >= 11 is 3.22. The lowest BCUT2D eigenvalue weighted by Crippen LogP contribution is -2.04. The first-order valence-corrected chi connectivity index (χ1v) is 9.56. The van der Waals surface area contributed by atoms with Gasteiger partial charge in [-0.2, -0.15) is 10.5 Å². The van der Waals surface area contributed by atoms with Crippen LogP contribution in [-0.2, 0) is 0 Å². The number of nitriles is 2. The number of halogens is 1. The lowest BCUT2D eigenvalue weighted by Gasteiger charge is -2.10. The van der Waals surface area contributed by atoms with Crippen LogP contribution in [0.15, 0.2) is 16.6 Å². The fourth-order valence-corrected chi connectivity index (χ4v) is 2.77. The van der Waals surface area contributed by atoms with Gasteiger partial charge in [0.2, 0.25) is 11.8 Å². The number of nitrogens with two attached hydrogens (primary N) is 2. The van der Waals surface area contributed by atoms with Gasteiger partial charge in [-0.05, 0) is 60.7 Å². The van der Waals surface area contributed by atoms with E-state index in [4.69, 9.17) is 31.5 Å². The van der Waals surface area contributed by atoms with Crippen LogP contribution in [0.25, 0.3) is 0 Å². The van der Waals surface area contributed by atoms with Crippen LogP contribution in [0.3, 0.4) is 0 Å². The Morgan fingerprint density at radius 1 is 1.00 bits per heavy atom. The van der Waals surface area contributed by atoms with Crippen molar-refractivity contribution in [2.24, 2.45) is 0 Å². The Morgan fingerprint density at radius 3 is 2.00 bits per heavy atom. The third kappa shape index (κ3) is 5.24. The van der Waals surface area contributed by atoms with Crippen LogP contribution in [0.4, 0.5) is 11.4 Å². The molecule has 9 heteroatoms. The van der Waals surface area contributed by atoms with Gasteiger partial charge in [0, 0.05) is 11.3 Å². The maximum atomic E-state index is 8.78. The molecule has 0 amide bonds. The third-order valence-electron chi connectivity index (χ3n) is 3.79. The molecular formula is C19H21BrN6O2. The van der Waals surface area contributed by atoms with E-state index in [2.05, 4.69) is 25.9 Å². The van der Waals surface area contributed by atoms with Crippen LogP contribution >= 0.6 is 15.9 Å². The van der Waals surface area contributed by atoms with E-state index in [0.29, 0.717) is 52.4 Å². The summed E-state index contributed by atoms with van der Waals surface area (Å²) in [5.41, 5.74) is 14.1. The van der Waals surface area contributed by atoms with Crippen molar-refractivity contribution in [3.63, 3.8) is 0 Å². The van der Waals surface area contributed by atoms with Gasteiger partial charge >= 0.3 is 0 Å². The predicted molar refractivity (Wildman–Crippen MR) is 109 cm³/mol. The van der Waals surface area contributed by atoms with Crippen molar-refractivity contribution in [3.8, 4) is 23.9 Å². The number of hydrogen-bond acceptors (Lipinski definition) is 8. The van der Waals surface area contributed by atoms with E-state index in [1.807, 2.05) is 26.0 Å². The molecule has 1 aliphatic rings. The predicted octanol–water partition coefficient (Wildman–Crippen LogP) is 3.51. The number of aromatic nitrogens is 2. The SMILES string of the molecule is CCOc1nc(C#N)cc(N)c1Br.CCOc1nc(C#N)cc(N)c1C1CC1. The van der Waals surface area contributed by atoms with Crippen molar-refractivity contribution in [1.29, 1.82) is 10.5 Å². The molecule has 3 rings (SSSR count). The van der Waals surface area contributed by atoms with Gasteiger partial charge in [0.05, 0.1) is 18.9 Å². The molecular weight excluding hydrogens is 424 g/mol. The first-order chi connectivity index (χ1) is 13.4. The molecule has 2 heterocycles. The van der Waals surface area contributed by atoms with E-state index in [0.717, 1.165) is 18.4 Å². The Kier molecular flexibility index (Phi) is 7.42. The number of anilines is 2. The molecule has 0 aliphatic heterocycles. The van der Waals surface area contributed by atoms with Gasteiger partial charge in [0.25, 0.3) is 0 Å². The molecule has 4 N–H and O–H groups in total. The molecule has 0 spiro atoms. The minimum atomic E-state index is 0.254. The third-order valence-corrected chi connectivity index (χ3v) is 4.58. The number of nitrogen functional groups attached to an aromatic ring is 2. The normalized spacial score (nSPS) is 12.2. The van der Waals surface area contributed by atoms with Crippen molar-refractivity contribution in [2.45, 2.75) is 32.6 Å². The van der Waals surface area contributed by atoms with Crippen LogP contribution < -0.4 is 20.9 Å². The van der Waals surface area contributed by atoms with E-state index in [1.165, 1.54) is 6.07 Å². The smallest absolute Gasteiger partial charge is 0.231 e. The molecule has 0 saturated heterocycles. The quantitative estimate of drug-likeness (QED) is 0.712. The van der Waals surface area contributed by atoms with Gasteiger partial charge in [-0.1, -0.05) is 0 Å². The number of pyridine rings is 2. The zero-order valence-electron chi connectivity index (χ0n) is 15.7. The molecule has 28 heavy (non-hydrogen) atoms. The highest BCUT2D eigenvalue weighted by atomic mass is 79.9. The van der Waals surface area contributed by atoms with Gasteiger partial charge in [-0.3, -0.25) is 0 Å². The van der Waals surface area contributed by atoms with Gasteiger partial charge in [-0.25, -0.2) is 9.97 Å². The summed E-state index contributed by atoms with van der Waals surface area (Å²) in [5, 5.41) is 17.4. The van der Waals surface area contributed by atoms with Gasteiger partial charge < -0.3 is 20.9 Å². The molecule has 2 aromatic heterocycles. The average molecular weight is 445 g/mol. The Balaban J connectivity index is 0.000000203. The minimum absolute atomic E-state index is 0.254. The second-order valence-corrected chi connectivity index (χ2v) is 6.69. The monoisotopic (exact) mass is 444 g/mol. The van der Waals surface area contributed by atoms with Gasteiger partial charge in [-0.15, -0.1) is 0 Å². The number of rotatable bonds is 5. The topological polar surface area (TPSA) is 144 Å². The van der Waals surface area contributed by atoms with Gasteiger partial charge in [0.15, 0.2) is 0 Å². The first-order valence-electron chi connectivity index (χ1n) is 8.77. The summed E-state index contributed by atoms with van der Waals surface area (Å²) in [6.45, 7) is 4.76. The van der Waals surface area contributed by atoms with Crippen molar-refractivity contribution in [1.82, 2.24) is 9.97 Å². The molecule has 0 atom stereocenters. The number of ether oxygens (including phenoxy) is 2. The standard InChI is InChI=1S/C11H13N3O.C8H8BrN3O/c1-2-15-11-10(7-3-4-7)9(13)5-8(6-12)14-11;1-2-13-8-7(9)6(11)3-5(4-10)12-8/h5,7H,2-4H2,1H3,(H2,13,14);3H,2H2,1H3,(H2,11,12). The molecule has 0 radical (unpaired) electrons. The Hall–Kier alpha value is -3.04. The largest absolute Gasteiger partial charge is 0.478 e. The molecule has 0 unspecified atom stereocenters. The van der Waals surface area contributed by atoms with Crippen molar-refractivity contribution in [3.05, 3.63) is 33.6 Å². The fraction of sp³-hybridized carbons (Fsp3) is 0.368. The van der Waals surface area contributed by atoms with Crippen LogP contribution in [0.1, 0.15) is 49.6 Å². The van der Waals surface area contributed by atoms with Crippen LogP contribution in [0.5, 0.6) is 11.8 Å². The number of nitrogens with zero attached hydrogens (tertiary/aromatic N) is 4. The second-order valence-electron chi connectivity index (χ2n) is 5.90. The summed E-state index contributed by atoms with van der Waals surface area (Å²) in [5.74, 6) is 1.38. The molecule has 1 fully saturated rings.